The maximum atomic E-state index is 13.1. The zero-order chi connectivity index (χ0) is 29.7. The van der Waals surface area contributed by atoms with Crippen molar-refractivity contribution in [1.29, 1.82) is 0 Å². The van der Waals surface area contributed by atoms with Crippen LogP contribution in [-0.4, -0.2) is 77.6 Å². The molecule has 1 aromatic heterocycles. The van der Waals surface area contributed by atoms with E-state index < -0.39 is 55.9 Å². The first-order valence-electron chi connectivity index (χ1n) is 12.4. The first-order valence-corrected chi connectivity index (χ1v) is 14.1. The molecule has 1 heterocycles. The molecule has 0 saturated heterocycles. The second-order valence-electron chi connectivity index (χ2n) is 9.14. The number of aliphatic imine (C=N–C) groups is 1. The van der Waals surface area contributed by atoms with Gasteiger partial charge in [-0.1, -0.05) is 37.3 Å². The predicted octanol–water partition coefficient (Wildman–Crippen LogP) is 0.702. The zero-order valence-electron chi connectivity index (χ0n) is 22.6. The second-order valence-corrected chi connectivity index (χ2v) is 10.9. The standard InChI is InChI=1S/C24H36N7O8P/c1-5-38-22(33)17(14-9-7-6-8-10-14)31-40(27,35)39-12-16(36-3)19(32)24(34)13(2)15(24)11-28-18-20(25)29-23(26)30-21(18)37-4/h6-11,13,15-17,19,32,34H,5,12H2,1-4H3,(H3,27,31,35)(H4,25,26,29,30). The molecule has 16 heteroatoms. The Morgan fingerprint density at radius 3 is 2.55 bits per heavy atom. The van der Waals surface area contributed by atoms with Crippen molar-refractivity contribution >= 4 is 37.3 Å². The molecule has 7 atom stereocenters. The number of hydrogen-bond acceptors (Lipinski definition) is 13. The highest BCUT2D eigenvalue weighted by atomic mass is 31.2. The van der Waals surface area contributed by atoms with Gasteiger partial charge in [0.15, 0.2) is 11.5 Å². The number of anilines is 2. The van der Waals surface area contributed by atoms with Crippen molar-refractivity contribution in [2.45, 2.75) is 37.7 Å². The predicted molar refractivity (Wildman–Crippen MR) is 147 cm³/mol. The Morgan fingerprint density at radius 1 is 1.27 bits per heavy atom. The van der Waals surface area contributed by atoms with Gasteiger partial charge in [-0.15, -0.1) is 0 Å². The van der Waals surface area contributed by atoms with Crippen LogP contribution in [0, 0.1) is 11.8 Å². The smallest absolute Gasteiger partial charge is 0.339 e. The fourth-order valence-corrected chi connectivity index (χ4v) is 5.38. The lowest BCUT2D eigenvalue weighted by molar-refractivity contribution is -0.145. The van der Waals surface area contributed by atoms with E-state index in [1.165, 1.54) is 20.4 Å². The molecule has 1 fully saturated rings. The number of aromatic nitrogens is 2. The van der Waals surface area contributed by atoms with Crippen LogP contribution in [0.2, 0.25) is 0 Å². The third-order valence-electron chi connectivity index (χ3n) is 6.67. The number of aliphatic hydroxyl groups is 2. The number of nitrogens with two attached hydrogens (primary N) is 3. The number of methoxy groups -OCH3 is 2. The maximum absolute atomic E-state index is 13.1. The molecule has 15 nitrogen and oxygen atoms in total. The fourth-order valence-electron chi connectivity index (χ4n) is 4.33. The molecule has 1 aliphatic rings. The minimum Gasteiger partial charge on any atom is -0.479 e. The molecule has 0 bridgehead atoms. The van der Waals surface area contributed by atoms with Gasteiger partial charge in [-0.3, -0.25) is 9.56 Å². The Kier molecular flexibility index (Phi) is 10.2. The summed E-state index contributed by atoms with van der Waals surface area (Å²) in [4.78, 5) is 24.5. The SMILES string of the molecule is CCOC(=O)C(NP(N)(=O)OCC(OC)C(O)C1(O)C(C)C1C=Nc1c(N)nc(N)nc1OC)c1ccccc1. The van der Waals surface area contributed by atoms with Crippen LogP contribution >= 0.6 is 7.67 Å². The van der Waals surface area contributed by atoms with Gasteiger partial charge in [-0.2, -0.15) is 9.97 Å². The third kappa shape index (κ3) is 6.93. The second kappa shape index (κ2) is 13.0. The highest BCUT2D eigenvalue weighted by molar-refractivity contribution is 7.54. The number of rotatable bonds is 14. The van der Waals surface area contributed by atoms with Gasteiger partial charge in [-0.25, -0.2) is 15.4 Å². The van der Waals surface area contributed by atoms with Crippen LogP contribution in [0.4, 0.5) is 17.5 Å². The lowest BCUT2D eigenvalue weighted by Gasteiger charge is -2.28. The minimum absolute atomic E-state index is 0.0241. The summed E-state index contributed by atoms with van der Waals surface area (Å²) in [5, 5.41) is 24.8. The van der Waals surface area contributed by atoms with E-state index in [1.54, 1.807) is 44.2 Å². The molecule has 40 heavy (non-hydrogen) atoms. The number of benzene rings is 1. The van der Waals surface area contributed by atoms with Crippen molar-refractivity contribution in [2.75, 3.05) is 38.9 Å². The molecule has 2 aromatic rings. The summed E-state index contributed by atoms with van der Waals surface area (Å²) in [5.74, 6) is -1.85. The third-order valence-corrected chi connectivity index (χ3v) is 7.82. The Bertz CT molecular complexity index is 1250. The molecule has 1 saturated carbocycles. The average molecular weight is 582 g/mol. The summed E-state index contributed by atoms with van der Waals surface area (Å²) >= 11 is 0. The van der Waals surface area contributed by atoms with E-state index >= 15 is 0 Å². The van der Waals surface area contributed by atoms with Crippen LogP contribution in [0.5, 0.6) is 5.88 Å². The topological polar surface area (TPSA) is 240 Å². The number of nitrogen functional groups attached to an aromatic ring is 2. The average Bonchev–Trinajstić information content (AvgIpc) is 3.46. The van der Waals surface area contributed by atoms with Crippen LogP contribution in [0.15, 0.2) is 35.3 Å². The molecule has 0 spiro atoms. The Labute approximate surface area is 231 Å². The van der Waals surface area contributed by atoms with Gasteiger partial charge in [0.05, 0.1) is 20.3 Å². The van der Waals surface area contributed by atoms with E-state index in [-0.39, 0.29) is 29.9 Å². The molecule has 7 unspecified atom stereocenters. The van der Waals surface area contributed by atoms with Gasteiger partial charge in [0.1, 0.15) is 23.9 Å². The van der Waals surface area contributed by atoms with Crippen LogP contribution < -0.4 is 26.8 Å². The molecule has 0 radical (unpaired) electrons. The van der Waals surface area contributed by atoms with E-state index in [2.05, 4.69) is 20.0 Å². The molecule has 1 aromatic carbocycles. The molecule has 1 aliphatic carbocycles. The molecule has 3 rings (SSSR count). The van der Waals surface area contributed by atoms with Crippen LogP contribution in [0.3, 0.4) is 0 Å². The first-order chi connectivity index (χ1) is 18.9. The van der Waals surface area contributed by atoms with Gasteiger partial charge < -0.3 is 40.4 Å². The summed E-state index contributed by atoms with van der Waals surface area (Å²) in [5.41, 5.74) is 16.2. The number of nitrogens with zero attached hydrogens (tertiary/aromatic N) is 3. The van der Waals surface area contributed by atoms with Crippen molar-refractivity contribution in [1.82, 2.24) is 15.1 Å². The number of hydrogen-bond donors (Lipinski definition) is 6. The van der Waals surface area contributed by atoms with E-state index in [9.17, 15) is 19.6 Å². The van der Waals surface area contributed by atoms with Crippen molar-refractivity contribution in [3.63, 3.8) is 0 Å². The quantitative estimate of drug-likeness (QED) is 0.102. The fraction of sp³-hybridized carbons (Fsp3) is 0.500. The summed E-state index contributed by atoms with van der Waals surface area (Å²) < 4.78 is 34.0. The van der Waals surface area contributed by atoms with Crippen molar-refractivity contribution in [3.05, 3.63) is 35.9 Å². The van der Waals surface area contributed by atoms with Crippen LogP contribution in [0.25, 0.3) is 0 Å². The maximum Gasteiger partial charge on any atom is 0.339 e. The van der Waals surface area contributed by atoms with Gasteiger partial charge >= 0.3 is 13.6 Å². The van der Waals surface area contributed by atoms with E-state index in [1.807, 2.05) is 0 Å². The van der Waals surface area contributed by atoms with Gasteiger partial charge in [0.25, 0.3) is 0 Å². The van der Waals surface area contributed by atoms with E-state index in [4.69, 9.17) is 35.7 Å². The number of aliphatic hydroxyl groups excluding tert-OH is 1. The Hall–Kier alpha value is -3.17. The Morgan fingerprint density at radius 2 is 1.95 bits per heavy atom. The van der Waals surface area contributed by atoms with Crippen LogP contribution in [0.1, 0.15) is 25.5 Å². The number of carbonyl (C=O) groups is 1. The first kappa shape index (κ1) is 31.4. The lowest BCUT2D eigenvalue weighted by atomic mass is 10.0. The monoisotopic (exact) mass is 581 g/mol. The minimum atomic E-state index is -4.13. The van der Waals surface area contributed by atoms with Gasteiger partial charge in [0, 0.05) is 19.2 Å². The highest BCUT2D eigenvalue weighted by Crippen LogP contribution is 2.53. The van der Waals surface area contributed by atoms with Gasteiger partial charge in [0.2, 0.25) is 11.8 Å². The summed E-state index contributed by atoms with van der Waals surface area (Å²) in [6, 6.07) is 7.27. The molecule has 0 amide bonds. The zero-order valence-corrected chi connectivity index (χ0v) is 23.5. The summed E-state index contributed by atoms with van der Waals surface area (Å²) in [7, 11) is -1.48. The molecule has 9 N–H and O–H groups in total. The lowest BCUT2D eigenvalue weighted by Crippen LogP contribution is -2.45. The highest BCUT2D eigenvalue weighted by Gasteiger charge is 2.66. The number of ether oxygens (including phenoxy) is 3. The van der Waals surface area contributed by atoms with Gasteiger partial charge in [-0.05, 0) is 18.4 Å². The molecule has 0 aliphatic heterocycles. The van der Waals surface area contributed by atoms with E-state index in [0.29, 0.717) is 5.56 Å². The number of nitrogens with one attached hydrogen (secondary N) is 1. The van der Waals surface area contributed by atoms with Crippen LogP contribution in [-0.2, 0) is 23.4 Å². The number of esters is 1. The molecule has 220 valence electrons. The van der Waals surface area contributed by atoms with E-state index in [0.717, 1.165) is 0 Å². The summed E-state index contributed by atoms with van der Waals surface area (Å²) in [6.45, 7) is 2.96. The molecular formula is C24H36N7O8P. The van der Waals surface area contributed by atoms with Crippen molar-refractivity contribution in [2.24, 2.45) is 22.3 Å². The normalized spacial score (nSPS) is 24.2. The largest absolute Gasteiger partial charge is 0.479 e. The van der Waals surface area contributed by atoms with Crippen molar-refractivity contribution < 1.29 is 38.3 Å². The Balaban J connectivity index is 1.70. The summed E-state index contributed by atoms with van der Waals surface area (Å²) in [6.07, 6.45) is -1.25. The van der Waals surface area contributed by atoms with Crippen molar-refractivity contribution in [3.8, 4) is 5.88 Å². The molecular weight excluding hydrogens is 545 g/mol. The number of carbonyl (C=O) groups excluding carboxylic acids is 1.